The van der Waals surface area contributed by atoms with Gasteiger partial charge in [-0.05, 0) is 23.9 Å². The predicted octanol–water partition coefficient (Wildman–Crippen LogP) is 1.67. The summed E-state index contributed by atoms with van der Waals surface area (Å²) in [5.74, 6) is -3.11. The summed E-state index contributed by atoms with van der Waals surface area (Å²) >= 11 is 1.55. The summed E-state index contributed by atoms with van der Waals surface area (Å²) in [6, 6.07) is 1.19. The Kier molecular flexibility index (Phi) is 3.44. The van der Waals surface area contributed by atoms with Gasteiger partial charge in [-0.1, -0.05) is 0 Å². The van der Waals surface area contributed by atoms with E-state index in [1.165, 1.54) is 0 Å². The van der Waals surface area contributed by atoms with Crippen molar-refractivity contribution in [2.75, 3.05) is 6.54 Å². The third-order valence-corrected chi connectivity index (χ3v) is 3.84. The summed E-state index contributed by atoms with van der Waals surface area (Å²) < 4.78 is 25.8. The number of thiophene rings is 1. The van der Waals surface area contributed by atoms with Gasteiger partial charge in [0.2, 0.25) is 5.91 Å². The highest BCUT2D eigenvalue weighted by Gasteiger charge is 2.42. The molecule has 1 aliphatic heterocycles. The lowest BCUT2D eigenvalue weighted by atomic mass is 10.2. The van der Waals surface area contributed by atoms with Crippen LogP contribution in [-0.4, -0.2) is 24.4 Å². The monoisotopic (exact) mass is 260 g/mol. The zero-order chi connectivity index (χ0) is 12.5. The molecule has 1 fully saturated rings. The Morgan fingerprint density at radius 3 is 3.00 bits per heavy atom. The first kappa shape index (κ1) is 12.4. The van der Waals surface area contributed by atoms with E-state index < -0.39 is 24.9 Å². The summed E-state index contributed by atoms with van der Waals surface area (Å²) in [5, 5.41) is 7.16. The van der Waals surface area contributed by atoms with Gasteiger partial charge in [-0.25, -0.2) is 8.78 Å². The summed E-state index contributed by atoms with van der Waals surface area (Å²) in [6.07, 6.45) is -0.414. The van der Waals surface area contributed by atoms with Crippen LogP contribution in [0.2, 0.25) is 0 Å². The summed E-state index contributed by atoms with van der Waals surface area (Å²) in [6.45, 7) is 1.95. The number of carbonyl (C=O) groups is 1. The minimum absolute atomic E-state index is 0.352. The van der Waals surface area contributed by atoms with Crippen LogP contribution >= 0.6 is 11.3 Å². The van der Waals surface area contributed by atoms with E-state index in [0.717, 1.165) is 10.4 Å². The van der Waals surface area contributed by atoms with Crippen molar-refractivity contribution in [3.05, 3.63) is 21.9 Å². The van der Waals surface area contributed by atoms with Gasteiger partial charge in [-0.3, -0.25) is 10.1 Å². The van der Waals surface area contributed by atoms with Crippen molar-refractivity contribution in [1.82, 2.24) is 10.6 Å². The van der Waals surface area contributed by atoms with E-state index in [4.69, 9.17) is 0 Å². The van der Waals surface area contributed by atoms with Crippen LogP contribution in [0.25, 0.3) is 0 Å². The highest BCUT2D eigenvalue weighted by atomic mass is 32.1. The Morgan fingerprint density at radius 2 is 2.47 bits per heavy atom. The van der Waals surface area contributed by atoms with E-state index >= 15 is 0 Å². The van der Waals surface area contributed by atoms with E-state index in [1.807, 2.05) is 18.4 Å². The second kappa shape index (κ2) is 4.70. The van der Waals surface area contributed by atoms with Gasteiger partial charge in [0.25, 0.3) is 5.92 Å². The molecule has 0 spiro atoms. The van der Waals surface area contributed by atoms with Crippen LogP contribution in [0, 0.1) is 6.92 Å². The Morgan fingerprint density at radius 1 is 1.71 bits per heavy atom. The first-order valence-corrected chi connectivity index (χ1v) is 6.28. The quantitative estimate of drug-likeness (QED) is 0.868. The zero-order valence-corrected chi connectivity index (χ0v) is 10.2. The molecule has 1 saturated heterocycles. The molecule has 0 aromatic carbocycles. The Balaban J connectivity index is 1.85. The second-order valence-electron chi connectivity index (χ2n) is 4.24. The van der Waals surface area contributed by atoms with Gasteiger partial charge in [0.15, 0.2) is 0 Å². The molecule has 2 heterocycles. The third-order valence-electron chi connectivity index (χ3n) is 2.82. The van der Waals surface area contributed by atoms with E-state index in [1.54, 1.807) is 11.3 Å². The topological polar surface area (TPSA) is 41.1 Å². The normalized spacial score (nSPS) is 22.6. The van der Waals surface area contributed by atoms with Gasteiger partial charge in [-0.2, -0.15) is 0 Å². The second-order valence-corrected chi connectivity index (χ2v) is 5.24. The van der Waals surface area contributed by atoms with Crippen molar-refractivity contribution in [3.8, 4) is 0 Å². The van der Waals surface area contributed by atoms with Crippen LogP contribution in [0.4, 0.5) is 8.78 Å². The smallest absolute Gasteiger partial charge is 0.262 e. The van der Waals surface area contributed by atoms with E-state index in [9.17, 15) is 13.6 Å². The van der Waals surface area contributed by atoms with Crippen molar-refractivity contribution < 1.29 is 13.6 Å². The molecule has 0 saturated carbocycles. The van der Waals surface area contributed by atoms with E-state index in [2.05, 4.69) is 10.6 Å². The lowest BCUT2D eigenvalue weighted by molar-refractivity contribution is -0.123. The molecular formula is C11H14F2N2OS. The van der Waals surface area contributed by atoms with Gasteiger partial charge in [0, 0.05) is 11.3 Å². The summed E-state index contributed by atoms with van der Waals surface area (Å²) in [7, 11) is 0. The van der Waals surface area contributed by atoms with Crippen LogP contribution in [0.1, 0.15) is 16.9 Å². The lowest BCUT2D eigenvalue weighted by Crippen LogP contribution is -2.39. The predicted molar refractivity (Wildman–Crippen MR) is 62.3 cm³/mol. The van der Waals surface area contributed by atoms with Crippen LogP contribution in [0.15, 0.2) is 11.4 Å². The molecule has 1 atom stereocenters. The fourth-order valence-electron chi connectivity index (χ4n) is 1.78. The molecule has 0 bridgehead atoms. The molecule has 94 valence electrons. The molecule has 0 aliphatic carbocycles. The number of carbonyl (C=O) groups excluding carboxylic acids is 1. The molecule has 1 aromatic heterocycles. The summed E-state index contributed by atoms with van der Waals surface area (Å²) in [5.41, 5.74) is 1.11. The van der Waals surface area contributed by atoms with Crippen molar-refractivity contribution in [1.29, 1.82) is 0 Å². The SMILES string of the molecule is Cc1ccsc1CNC(=O)C1CC(F)(F)CN1. The first-order chi connectivity index (χ1) is 7.98. The van der Waals surface area contributed by atoms with Gasteiger partial charge < -0.3 is 5.32 Å². The molecule has 6 heteroatoms. The molecular weight excluding hydrogens is 246 g/mol. The number of nitrogens with one attached hydrogen (secondary N) is 2. The highest BCUT2D eigenvalue weighted by molar-refractivity contribution is 7.10. The first-order valence-electron chi connectivity index (χ1n) is 5.40. The van der Waals surface area contributed by atoms with E-state index in [-0.39, 0.29) is 5.91 Å². The van der Waals surface area contributed by atoms with Crippen molar-refractivity contribution in [3.63, 3.8) is 0 Å². The van der Waals surface area contributed by atoms with Gasteiger partial charge in [0.05, 0.1) is 19.1 Å². The molecule has 17 heavy (non-hydrogen) atoms. The maximum Gasteiger partial charge on any atom is 0.262 e. The number of amides is 1. The molecule has 0 radical (unpaired) electrons. The molecule has 3 nitrogen and oxygen atoms in total. The van der Waals surface area contributed by atoms with Crippen LogP contribution < -0.4 is 10.6 Å². The lowest BCUT2D eigenvalue weighted by Gasteiger charge is -2.10. The Labute approximate surface area is 102 Å². The summed E-state index contributed by atoms with van der Waals surface area (Å²) in [4.78, 5) is 12.7. The van der Waals surface area contributed by atoms with Crippen LogP contribution in [0.3, 0.4) is 0 Å². The molecule has 1 aliphatic rings. The molecule has 1 aromatic rings. The molecule has 1 amide bonds. The largest absolute Gasteiger partial charge is 0.350 e. The number of halogens is 2. The molecule has 2 N–H and O–H groups in total. The van der Waals surface area contributed by atoms with Crippen molar-refractivity contribution in [2.45, 2.75) is 31.9 Å². The van der Waals surface area contributed by atoms with Crippen molar-refractivity contribution >= 4 is 17.2 Å². The van der Waals surface area contributed by atoms with Gasteiger partial charge in [0.1, 0.15) is 0 Å². The standard InChI is InChI=1S/C11H14F2N2OS/c1-7-2-3-17-9(7)5-14-10(16)8-4-11(12,13)6-15-8/h2-3,8,15H,4-6H2,1H3,(H,14,16). The number of rotatable bonds is 3. The average Bonchev–Trinajstić information content (AvgIpc) is 2.81. The number of hydrogen-bond donors (Lipinski definition) is 2. The Bertz CT molecular complexity index is 419. The zero-order valence-electron chi connectivity index (χ0n) is 9.43. The average molecular weight is 260 g/mol. The van der Waals surface area contributed by atoms with Gasteiger partial charge >= 0.3 is 0 Å². The highest BCUT2D eigenvalue weighted by Crippen LogP contribution is 2.25. The third kappa shape index (κ3) is 3.01. The number of hydrogen-bond acceptors (Lipinski definition) is 3. The minimum Gasteiger partial charge on any atom is -0.350 e. The fourth-order valence-corrected chi connectivity index (χ4v) is 2.62. The molecule has 2 rings (SSSR count). The Hall–Kier alpha value is -1.01. The number of alkyl halides is 2. The maximum absolute atomic E-state index is 12.9. The maximum atomic E-state index is 12.9. The van der Waals surface area contributed by atoms with Crippen LogP contribution in [-0.2, 0) is 11.3 Å². The fraction of sp³-hybridized carbons (Fsp3) is 0.545. The number of aryl methyl sites for hydroxylation is 1. The molecule has 1 unspecified atom stereocenters. The minimum atomic E-state index is -2.76. The van der Waals surface area contributed by atoms with Crippen molar-refractivity contribution in [2.24, 2.45) is 0 Å². The van der Waals surface area contributed by atoms with Gasteiger partial charge in [-0.15, -0.1) is 11.3 Å². The van der Waals surface area contributed by atoms with Crippen LogP contribution in [0.5, 0.6) is 0 Å². The van der Waals surface area contributed by atoms with E-state index in [0.29, 0.717) is 6.54 Å².